The van der Waals surface area contributed by atoms with Crippen molar-refractivity contribution < 1.29 is 14.3 Å². The third-order valence-electron chi connectivity index (χ3n) is 4.67. The normalized spacial score (nSPS) is 10.7. The van der Waals surface area contributed by atoms with E-state index >= 15 is 0 Å². The lowest BCUT2D eigenvalue weighted by Crippen LogP contribution is -2.35. The summed E-state index contributed by atoms with van der Waals surface area (Å²) in [4.78, 5) is 37.0. The number of aryl methyl sites for hydroxylation is 1. The second kappa shape index (κ2) is 12.1. The van der Waals surface area contributed by atoms with Crippen molar-refractivity contribution in [2.24, 2.45) is 5.92 Å². The molecule has 3 N–H and O–H groups in total. The molecule has 1 aromatic carbocycles. The van der Waals surface area contributed by atoms with Gasteiger partial charge in [-0.2, -0.15) is 0 Å². The van der Waals surface area contributed by atoms with Gasteiger partial charge in [0.2, 0.25) is 5.91 Å². The van der Waals surface area contributed by atoms with Crippen LogP contribution in [0.5, 0.6) is 5.75 Å². The third-order valence-corrected chi connectivity index (χ3v) is 4.90. The summed E-state index contributed by atoms with van der Waals surface area (Å²) in [5.74, 6) is 0.287. The fourth-order valence-corrected chi connectivity index (χ4v) is 3.12. The van der Waals surface area contributed by atoms with Gasteiger partial charge in [0.15, 0.2) is 6.61 Å². The van der Waals surface area contributed by atoms with Crippen LogP contribution in [0.4, 0.5) is 0 Å². The molecule has 0 radical (unpaired) electrons. The van der Waals surface area contributed by atoms with E-state index in [4.69, 9.17) is 16.3 Å². The molecule has 0 atom stereocenters. The highest BCUT2D eigenvalue weighted by atomic mass is 35.5. The molecule has 1 aromatic heterocycles. The Morgan fingerprint density at radius 1 is 1.16 bits per heavy atom. The average Bonchev–Trinajstić information content (AvgIpc) is 2.74. The summed E-state index contributed by atoms with van der Waals surface area (Å²) in [7, 11) is 0. The summed E-state index contributed by atoms with van der Waals surface area (Å²) in [6.45, 7) is 8.89. The summed E-state index contributed by atoms with van der Waals surface area (Å²) >= 11 is 6.09. The van der Waals surface area contributed by atoms with Gasteiger partial charge in [0.1, 0.15) is 5.75 Å². The molecule has 2 amide bonds. The molecule has 32 heavy (non-hydrogen) atoms. The van der Waals surface area contributed by atoms with Gasteiger partial charge < -0.3 is 20.8 Å². The van der Waals surface area contributed by atoms with Gasteiger partial charge in [-0.1, -0.05) is 25.4 Å². The number of benzene rings is 1. The number of nitrogens with zero attached hydrogens (tertiary/aromatic N) is 1. The van der Waals surface area contributed by atoms with Gasteiger partial charge in [0.25, 0.3) is 11.5 Å². The minimum atomic E-state index is -0.304. The summed E-state index contributed by atoms with van der Waals surface area (Å²) in [5.41, 5.74) is 4.64. The first-order valence-corrected chi connectivity index (χ1v) is 11.0. The minimum Gasteiger partial charge on any atom is -0.483 e. The Labute approximate surface area is 193 Å². The van der Waals surface area contributed by atoms with Gasteiger partial charge >= 0.3 is 0 Å². The van der Waals surface area contributed by atoms with E-state index in [2.05, 4.69) is 16.1 Å². The van der Waals surface area contributed by atoms with Crippen molar-refractivity contribution >= 4 is 23.4 Å². The molecule has 1 heterocycles. The molecule has 9 heteroatoms. The number of likely N-dealkylation sites (N-methyl/N-ethyl adjacent to an activating group) is 1. The molecule has 0 saturated carbocycles. The molecule has 8 nitrogen and oxygen atoms in total. The van der Waals surface area contributed by atoms with E-state index in [1.165, 1.54) is 4.68 Å². The number of carbonyl (C=O) groups is 2. The molecule has 0 aliphatic rings. The zero-order chi connectivity index (χ0) is 23.7. The molecule has 0 aliphatic carbocycles. The second-order valence-electron chi connectivity index (χ2n) is 7.86. The molecule has 0 aliphatic heterocycles. The Balaban J connectivity index is 2.06. The Kier molecular flexibility index (Phi) is 9.59. The van der Waals surface area contributed by atoms with Crippen molar-refractivity contribution in [3.05, 3.63) is 62.5 Å². The van der Waals surface area contributed by atoms with Crippen LogP contribution >= 0.6 is 11.6 Å². The molecule has 2 aromatic rings. The summed E-state index contributed by atoms with van der Waals surface area (Å²) in [5, 5.41) is 5.95. The topological polar surface area (TPSA) is 101 Å². The fraction of sp³-hybridized carbons (Fsp3) is 0.435. The number of pyridine rings is 1. The summed E-state index contributed by atoms with van der Waals surface area (Å²) in [6.07, 6.45) is 1.62. The van der Waals surface area contributed by atoms with Crippen LogP contribution in [0.15, 0.2) is 35.3 Å². The first-order chi connectivity index (χ1) is 15.2. The van der Waals surface area contributed by atoms with E-state index in [0.29, 0.717) is 40.9 Å². The quantitative estimate of drug-likeness (QED) is 0.476. The maximum Gasteiger partial charge on any atom is 0.272 e. The fourth-order valence-electron chi connectivity index (χ4n) is 2.92. The lowest BCUT2D eigenvalue weighted by Gasteiger charge is -2.15. The van der Waals surface area contributed by atoms with E-state index in [9.17, 15) is 14.4 Å². The van der Waals surface area contributed by atoms with E-state index in [-0.39, 0.29) is 36.9 Å². The number of hydrogen-bond acceptors (Lipinski definition) is 5. The third kappa shape index (κ3) is 7.60. The van der Waals surface area contributed by atoms with Crippen LogP contribution in [0.3, 0.4) is 0 Å². The zero-order valence-corrected chi connectivity index (χ0v) is 19.7. The van der Waals surface area contributed by atoms with Crippen molar-refractivity contribution in [3.8, 4) is 5.75 Å². The predicted molar refractivity (Wildman–Crippen MR) is 126 cm³/mol. The Bertz CT molecular complexity index is 1000. The lowest BCUT2D eigenvalue weighted by atomic mass is 10.1. The van der Waals surface area contributed by atoms with Crippen molar-refractivity contribution in [2.45, 2.75) is 40.7 Å². The molecule has 2 rings (SSSR count). The standard InChI is InChI=1S/C23H31ClN4O4/c1-5-25-22(30)14-32-20-7-6-18(24)10-17(20)13-26-21(29)11-19-16(4)8-9-28(23(19)31)27-12-15(2)3/h6-10,15,27H,5,11-14H2,1-4H3,(H,25,30)(H,26,29). The van der Waals surface area contributed by atoms with Gasteiger partial charge in [0, 0.05) is 42.0 Å². The summed E-state index contributed by atoms with van der Waals surface area (Å²) in [6, 6.07) is 6.79. The molecule has 0 spiro atoms. The van der Waals surface area contributed by atoms with Gasteiger partial charge in [-0.25, -0.2) is 4.68 Å². The SMILES string of the molecule is CCNC(=O)COc1ccc(Cl)cc1CNC(=O)Cc1c(C)ccn(NCC(C)C)c1=O. The highest BCUT2D eigenvalue weighted by molar-refractivity contribution is 6.30. The van der Waals surface area contributed by atoms with Crippen molar-refractivity contribution in [3.63, 3.8) is 0 Å². The van der Waals surface area contributed by atoms with Crippen LogP contribution in [0.1, 0.15) is 37.5 Å². The van der Waals surface area contributed by atoms with E-state index < -0.39 is 0 Å². The zero-order valence-electron chi connectivity index (χ0n) is 19.0. The molecular weight excluding hydrogens is 432 g/mol. The first-order valence-electron chi connectivity index (χ1n) is 10.6. The first kappa shape index (κ1) is 25.3. The number of halogens is 1. The number of ether oxygens (including phenoxy) is 1. The van der Waals surface area contributed by atoms with Crippen molar-refractivity contribution in [1.29, 1.82) is 0 Å². The molecule has 174 valence electrons. The Hall–Kier alpha value is -3.00. The van der Waals surface area contributed by atoms with Crippen LogP contribution in [0, 0.1) is 12.8 Å². The van der Waals surface area contributed by atoms with Gasteiger partial charge in [0.05, 0.1) is 6.42 Å². The minimum absolute atomic E-state index is 0.0511. The Morgan fingerprint density at radius 2 is 1.91 bits per heavy atom. The highest BCUT2D eigenvalue weighted by Gasteiger charge is 2.14. The smallest absolute Gasteiger partial charge is 0.272 e. The van der Waals surface area contributed by atoms with Gasteiger partial charge in [-0.05, 0) is 49.6 Å². The van der Waals surface area contributed by atoms with Crippen LogP contribution in [-0.2, 0) is 22.6 Å². The Morgan fingerprint density at radius 3 is 2.59 bits per heavy atom. The van der Waals surface area contributed by atoms with Crippen LogP contribution < -0.4 is 26.4 Å². The predicted octanol–water partition coefficient (Wildman–Crippen LogP) is 2.38. The largest absolute Gasteiger partial charge is 0.483 e. The molecule has 0 bridgehead atoms. The number of aromatic nitrogens is 1. The van der Waals surface area contributed by atoms with Crippen molar-refractivity contribution in [1.82, 2.24) is 15.3 Å². The molecule has 0 unspecified atom stereocenters. The molecule has 0 saturated heterocycles. The van der Waals surface area contributed by atoms with E-state index in [1.54, 1.807) is 31.3 Å². The van der Waals surface area contributed by atoms with Gasteiger partial charge in [-0.3, -0.25) is 14.4 Å². The van der Waals surface area contributed by atoms with E-state index in [1.807, 2.05) is 26.8 Å². The maximum absolute atomic E-state index is 12.8. The average molecular weight is 463 g/mol. The van der Waals surface area contributed by atoms with Crippen molar-refractivity contribution in [2.75, 3.05) is 25.1 Å². The number of amides is 2. The van der Waals surface area contributed by atoms with Gasteiger partial charge in [-0.15, -0.1) is 0 Å². The maximum atomic E-state index is 12.8. The molecular formula is C23H31ClN4O4. The number of rotatable bonds is 11. The summed E-state index contributed by atoms with van der Waals surface area (Å²) < 4.78 is 6.99. The molecule has 0 fully saturated rings. The highest BCUT2D eigenvalue weighted by Crippen LogP contribution is 2.23. The number of nitrogens with one attached hydrogen (secondary N) is 3. The van der Waals surface area contributed by atoms with Crippen LogP contribution in [-0.4, -0.2) is 36.2 Å². The van der Waals surface area contributed by atoms with Crippen LogP contribution in [0.2, 0.25) is 5.02 Å². The monoisotopic (exact) mass is 462 g/mol. The lowest BCUT2D eigenvalue weighted by molar-refractivity contribution is -0.123. The van der Waals surface area contributed by atoms with E-state index in [0.717, 1.165) is 5.56 Å². The van der Waals surface area contributed by atoms with Crippen LogP contribution in [0.25, 0.3) is 0 Å². The number of carbonyl (C=O) groups excluding carboxylic acids is 2. The second-order valence-corrected chi connectivity index (χ2v) is 8.29. The number of hydrogen-bond donors (Lipinski definition) is 3.